The van der Waals surface area contributed by atoms with Gasteiger partial charge in [-0.3, -0.25) is 4.79 Å². The number of ether oxygens (including phenoxy) is 1. The first kappa shape index (κ1) is 37.2. The van der Waals surface area contributed by atoms with E-state index in [-0.39, 0.29) is 24.5 Å². The largest absolute Gasteiger partial charge is 0.737 e. The van der Waals surface area contributed by atoms with Crippen molar-refractivity contribution < 1.29 is 40.6 Å². The van der Waals surface area contributed by atoms with Gasteiger partial charge < -0.3 is 32.5 Å². The number of halogens is 5. The van der Waals surface area contributed by atoms with Gasteiger partial charge >= 0.3 is 19.4 Å². The lowest BCUT2D eigenvalue weighted by Gasteiger charge is -2.30. The zero-order valence-electron chi connectivity index (χ0n) is 29.3. The number of nitrogens with one attached hydrogen (secondary N) is 1. The van der Waals surface area contributed by atoms with Crippen LogP contribution in [-0.2, 0) is 11.2 Å². The Bertz CT molecular complexity index is 2050. The molecule has 0 radical (unpaired) electrons. The summed E-state index contributed by atoms with van der Waals surface area (Å²) >= 11 is 0. The zero-order chi connectivity index (χ0) is 37.8. The van der Waals surface area contributed by atoms with Crippen molar-refractivity contribution in [2.24, 2.45) is 0 Å². The molecule has 10 nitrogen and oxygen atoms in total. The summed E-state index contributed by atoms with van der Waals surface area (Å²) in [5, 5.41) is 10.9. The molecule has 2 amide bonds. The van der Waals surface area contributed by atoms with Gasteiger partial charge in [-0.1, -0.05) is 35.5 Å². The summed E-state index contributed by atoms with van der Waals surface area (Å²) in [6.45, 7) is 0.627. The molecule has 2 aromatic heterocycles. The molecule has 2 aliphatic heterocycles. The fourth-order valence-corrected chi connectivity index (χ4v) is 6.73. The van der Waals surface area contributed by atoms with Crippen LogP contribution >= 0.6 is 0 Å². The minimum absolute atomic E-state index is 0.0687. The van der Waals surface area contributed by atoms with Gasteiger partial charge in [0.15, 0.2) is 5.70 Å². The number of alkyl halides is 3. The van der Waals surface area contributed by atoms with Gasteiger partial charge in [-0.05, 0) is 86.7 Å². The molecule has 4 aromatic rings. The molecule has 53 heavy (non-hydrogen) atoms. The van der Waals surface area contributed by atoms with E-state index in [4.69, 9.17) is 0 Å². The van der Waals surface area contributed by atoms with E-state index in [9.17, 15) is 22.8 Å². The average molecular weight is 736 g/mol. The lowest BCUT2D eigenvalue weighted by molar-refractivity contribution is -0.362. The summed E-state index contributed by atoms with van der Waals surface area (Å²) in [6, 6.07) is 16.2. The molecule has 2 aromatic carbocycles. The smallest absolute Gasteiger partial charge is 0.406 e. The van der Waals surface area contributed by atoms with Crippen molar-refractivity contribution >= 4 is 30.7 Å². The maximum atomic E-state index is 15.7. The Morgan fingerprint density at radius 2 is 1.72 bits per heavy atom. The van der Waals surface area contributed by atoms with Gasteiger partial charge in [-0.25, -0.2) is 4.79 Å². The fourth-order valence-electron chi connectivity index (χ4n) is 6.73. The molecule has 0 saturated heterocycles. The Balaban J connectivity index is 0.989. The number of carbonyl (C=O) groups excluding carboxylic acids is 2. The van der Waals surface area contributed by atoms with E-state index in [1.807, 2.05) is 37.3 Å². The minimum Gasteiger partial charge on any atom is -0.406 e. The molecule has 6 rings (SSSR count). The molecule has 0 bridgehead atoms. The van der Waals surface area contributed by atoms with Crippen molar-refractivity contribution in [1.29, 1.82) is 0 Å². The first-order valence-corrected chi connectivity index (χ1v) is 17.4. The van der Waals surface area contributed by atoms with E-state index in [2.05, 4.69) is 20.4 Å². The van der Waals surface area contributed by atoms with E-state index in [0.29, 0.717) is 79.4 Å². The molecule has 0 saturated carbocycles. The first-order valence-electron chi connectivity index (χ1n) is 17.4. The molecule has 1 N–H and O–H groups in total. The Kier molecular flexibility index (Phi) is 11.0. The van der Waals surface area contributed by atoms with Crippen LogP contribution in [0.2, 0.25) is 0 Å². The van der Waals surface area contributed by atoms with Crippen molar-refractivity contribution in [3.63, 3.8) is 0 Å². The molecule has 0 unspecified atom stereocenters. The summed E-state index contributed by atoms with van der Waals surface area (Å²) < 4.78 is 76.1. The number of hydrogen-bond acceptors (Lipinski definition) is 5. The highest BCUT2D eigenvalue weighted by molar-refractivity contribution is 6.58. The lowest BCUT2D eigenvalue weighted by Crippen LogP contribution is -2.50. The second-order valence-electron chi connectivity index (χ2n) is 13.1. The molecular weight excluding hydrogens is 696 g/mol. The monoisotopic (exact) mass is 735 g/mol. The molecule has 278 valence electrons. The number of aromatic nitrogens is 4. The highest BCUT2D eigenvalue weighted by Crippen LogP contribution is 2.34. The number of carbonyl (C=O) groups is 2. The maximum Gasteiger partial charge on any atom is 0.737 e. The van der Waals surface area contributed by atoms with Crippen molar-refractivity contribution in [2.75, 3.05) is 19.6 Å². The van der Waals surface area contributed by atoms with Crippen LogP contribution < -0.4 is 10.1 Å². The lowest BCUT2D eigenvalue weighted by atomic mass is 9.90. The Morgan fingerprint density at radius 1 is 0.962 bits per heavy atom. The minimum atomic E-state index is -4.81. The zero-order valence-corrected chi connectivity index (χ0v) is 29.3. The van der Waals surface area contributed by atoms with E-state index < -0.39 is 19.4 Å². The second kappa shape index (κ2) is 15.6. The predicted molar refractivity (Wildman–Crippen MR) is 190 cm³/mol. The van der Waals surface area contributed by atoms with Crippen molar-refractivity contribution in [2.45, 2.75) is 58.7 Å². The second-order valence-corrected chi connectivity index (χ2v) is 13.1. The highest BCUT2D eigenvalue weighted by atomic mass is 19.4. The number of amides is 2. The van der Waals surface area contributed by atoms with Crippen molar-refractivity contribution in [3.05, 3.63) is 107 Å². The third-order valence-electron chi connectivity index (χ3n) is 9.30. The first-order chi connectivity index (χ1) is 25.3. The average Bonchev–Trinajstić information content (AvgIpc) is 3.84. The number of nitrogens with zero attached hydrogens (tertiary/aromatic N) is 6. The van der Waals surface area contributed by atoms with Gasteiger partial charge in [0.2, 0.25) is 5.91 Å². The van der Waals surface area contributed by atoms with Gasteiger partial charge in [0.05, 0.1) is 6.20 Å². The van der Waals surface area contributed by atoms with E-state index in [0.717, 1.165) is 36.9 Å². The normalized spacial score (nSPS) is 14.5. The number of fused-ring (bicyclic) bond motifs is 2. The Morgan fingerprint density at radius 3 is 2.45 bits per heavy atom. The van der Waals surface area contributed by atoms with Crippen LogP contribution in [0.15, 0.2) is 84.7 Å². The van der Waals surface area contributed by atoms with Crippen molar-refractivity contribution in [3.8, 4) is 17.0 Å². The molecule has 0 fully saturated rings. The molecule has 0 spiro atoms. The fraction of sp³-hybridized carbons (Fsp3) is 0.324. The van der Waals surface area contributed by atoms with E-state index in [1.54, 1.807) is 36.1 Å². The Hall–Kier alpha value is -5.54. The molecular formula is C37H39BF5N7O3. The topological polar surface area (TPSA) is 97.3 Å². The van der Waals surface area contributed by atoms with Gasteiger partial charge in [0.1, 0.15) is 17.2 Å². The van der Waals surface area contributed by atoms with Crippen molar-refractivity contribution in [1.82, 2.24) is 29.7 Å². The van der Waals surface area contributed by atoms with Crippen LogP contribution in [-0.4, -0.2) is 79.5 Å². The number of benzene rings is 2. The summed E-state index contributed by atoms with van der Waals surface area (Å²) in [7, 11) is 0. The predicted octanol–water partition coefficient (Wildman–Crippen LogP) is 7.14. The van der Waals surface area contributed by atoms with Gasteiger partial charge in [0.25, 0.3) is 0 Å². The molecule has 4 heterocycles. The third kappa shape index (κ3) is 8.75. The number of rotatable bonds is 14. The number of hydrogen-bond donors (Lipinski definition) is 1. The quantitative estimate of drug-likeness (QED) is 0.0844. The highest BCUT2D eigenvalue weighted by Gasteiger charge is 2.52. The molecule has 16 heteroatoms. The van der Waals surface area contributed by atoms with Gasteiger partial charge in [0, 0.05) is 62.0 Å². The third-order valence-corrected chi connectivity index (χ3v) is 9.30. The SMILES string of the molecule is Cc1cc(C)n2c1C=C1C=CC(CCC(=O)NCCCCCN(CCc3ccccc3)C(=O)n3cc(-c4ccc(OC(F)(F)F)cc4)nn3)=[N+]1[B-]2(F)F. The maximum absolute atomic E-state index is 15.7. The van der Waals surface area contributed by atoms with Crippen LogP contribution in [0.5, 0.6) is 5.75 Å². The summed E-state index contributed by atoms with van der Waals surface area (Å²) in [5.41, 5.74) is 4.43. The van der Waals surface area contributed by atoms with E-state index >= 15 is 8.63 Å². The molecule has 2 aliphatic rings. The number of aryl methyl sites for hydroxylation is 2. The number of allylic oxidation sites excluding steroid dienone is 2. The van der Waals surface area contributed by atoms with Gasteiger partial charge in [-0.2, -0.15) is 4.68 Å². The van der Waals surface area contributed by atoms with Crippen LogP contribution in [0, 0.1) is 13.8 Å². The summed E-state index contributed by atoms with van der Waals surface area (Å²) in [6.07, 6.45) is 4.55. The van der Waals surface area contributed by atoms with Crippen LogP contribution in [0.25, 0.3) is 17.3 Å². The van der Waals surface area contributed by atoms with Crippen LogP contribution in [0.4, 0.5) is 26.6 Å². The van der Waals surface area contributed by atoms with Crippen LogP contribution in [0.1, 0.15) is 54.6 Å². The summed E-state index contributed by atoms with van der Waals surface area (Å²) in [5.74, 6) is -0.603. The molecule has 0 aliphatic carbocycles. The van der Waals surface area contributed by atoms with Gasteiger partial charge in [-0.15, -0.1) is 18.3 Å². The van der Waals surface area contributed by atoms with E-state index in [1.165, 1.54) is 18.3 Å². The number of unbranched alkanes of at least 4 members (excludes halogenated alkanes) is 2. The summed E-state index contributed by atoms with van der Waals surface area (Å²) in [4.78, 5) is 27.9. The van der Waals surface area contributed by atoms with Crippen LogP contribution in [0.3, 0.4) is 0 Å². The molecule has 0 atom stereocenters. The Labute approximate surface area is 303 Å². The standard InChI is InChI=1S/C37H39BF5N7O3/c1-26-23-27(2)49-34(26)24-31-14-13-30(50(31)38(49,42)43)15-18-35(51)44-20-7-4-8-21-47(22-19-28-9-5-3-6-10-28)36(52)48-25-33(45-46-48)29-11-16-32(17-12-29)53-37(39,40)41/h3,5-6,9-14,16-17,23-25H,4,7-8,15,18-22H2,1-2H3,(H,44,51).